The van der Waals surface area contributed by atoms with Crippen molar-refractivity contribution < 1.29 is 0 Å². The number of hydrogen-bond donors (Lipinski definition) is 0. The third-order valence-electron chi connectivity index (χ3n) is 3.06. The van der Waals surface area contributed by atoms with Crippen LogP contribution in [0.15, 0.2) is 22.7 Å². The van der Waals surface area contributed by atoms with E-state index in [2.05, 4.69) is 47.1 Å². The Labute approximate surface area is 92.9 Å². The summed E-state index contributed by atoms with van der Waals surface area (Å²) in [6.45, 7) is 2.06. The van der Waals surface area contributed by atoms with Gasteiger partial charge in [-0.05, 0) is 43.4 Å². The first-order valence-electron chi connectivity index (χ1n) is 4.86. The summed E-state index contributed by atoms with van der Waals surface area (Å²) in [6, 6.07) is 8.72. The number of halogens is 1. The monoisotopic (exact) mass is 249 g/mol. The molecule has 72 valence electrons. The Morgan fingerprint density at radius 3 is 2.57 bits per heavy atom. The fourth-order valence-corrected chi connectivity index (χ4v) is 2.85. The summed E-state index contributed by atoms with van der Waals surface area (Å²) in [5, 5.41) is 9.21. The molecular weight excluding hydrogens is 238 g/mol. The smallest absolute Gasteiger partial charge is 0.0833 e. The molecule has 1 saturated carbocycles. The normalized spacial score (nSPS) is 18.4. The van der Waals surface area contributed by atoms with Crippen molar-refractivity contribution >= 4 is 15.9 Å². The fourth-order valence-electron chi connectivity index (χ4n) is 1.98. The van der Waals surface area contributed by atoms with Crippen molar-refractivity contribution in [2.45, 2.75) is 31.6 Å². The third-order valence-corrected chi connectivity index (χ3v) is 3.72. The van der Waals surface area contributed by atoms with Crippen LogP contribution in [0.25, 0.3) is 0 Å². The van der Waals surface area contributed by atoms with E-state index in [-0.39, 0.29) is 5.41 Å². The zero-order valence-corrected chi connectivity index (χ0v) is 9.76. The lowest BCUT2D eigenvalue weighted by molar-refractivity contribution is 0.323. The molecule has 1 aromatic rings. The van der Waals surface area contributed by atoms with Crippen LogP contribution >= 0.6 is 15.9 Å². The van der Waals surface area contributed by atoms with Crippen molar-refractivity contribution in [3.63, 3.8) is 0 Å². The molecule has 1 aliphatic carbocycles. The first-order chi connectivity index (χ1) is 6.68. The molecule has 0 unspecified atom stereocenters. The van der Waals surface area contributed by atoms with Gasteiger partial charge >= 0.3 is 0 Å². The van der Waals surface area contributed by atoms with Gasteiger partial charge in [-0.25, -0.2) is 0 Å². The standard InChI is InChI=1S/C12H12BrN/c1-9-3-4-10(11(13)7-9)12(8-14)5-2-6-12/h3-4,7H,2,5-6H2,1H3. The Balaban J connectivity index is 2.46. The molecule has 14 heavy (non-hydrogen) atoms. The molecule has 0 heterocycles. The summed E-state index contributed by atoms with van der Waals surface area (Å²) in [6.07, 6.45) is 3.18. The molecule has 0 N–H and O–H groups in total. The molecule has 0 amide bonds. The van der Waals surface area contributed by atoms with Crippen molar-refractivity contribution in [2.75, 3.05) is 0 Å². The highest BCUT2D eigenvalue weighted by molar-refractivity contribution is 9.10. The molecule has 2 rings (SSSR count). The van der Waals surface area contributed by atoms with Crippen molar-refractivity contribution in [1.82, 2.24) is 0 Å². The minimum Gasteiger partial charge on any atom is -0.197 e. The topological polar surface area (TPSA) is 23.8 Å². The first kappa shape index (κ1) is 9.73. The van der Waals surface area contributed by atoms with E-state index >= 15 is 0 Å². The average Bonchev–Trinajstić information content (AvgIpc) is 2.07. The molecule has 1 nitrogen and oxygen atoms in total. The van der Waals surface area contributed by atoms with Crippen molar-refractivity contribution in [3.8, 4) is 6.07 Å². The van der Waals surface area contributed by atoms with Crippen LogP contribution in [0.3, 0.4) is 0 Å². The van der Waals surface area contributed by atoms with Crippen LogP contribution < -0.4 is 0 Å². The molecular formula is C12H12BrN. The summed E-state index contributed by atoms with van der Waals surface area (Å²) in [5.74, 6) is 0. The van der Waals surface area contributed by atoms with E-state index in [1.54, 1.807) is 0 Å². The van der Waals surface area contributed by atoms with Crippen LogP contribution in [0, 0.1) is 18.3 Å². The number of nitrogens with zero attached hydrogens (tertiary/aromatic N) is 1. The Bertz CT molecular complexity index is 399. The van der Waals surface area contributed by atoms with E-state index in [1.807, 2.05) is 0 Å². The largest absolute Gasteiger partial charge is 0.197 e. The van der Waals surface area contributed by atoms with Gasteiger partial charge in [0.2, 0.25) is 0 Å². The van der Waals surface area contributed by atoms with Crippen LogP contribution in [0.5, 0.6) is 0 Å². The predicted octanol–water partition coefficient (Wildman–Crippen LogP) is 3.70. The van der Waals surface area contributed by atoms with E-state index in [4.69, 9.17) is 0 Å². The number of nitriles is 1. The number of hydrogen-bond acceptors (Lipinski definition) is 1. The third kappa shape index (κ3) is 1.36. The maximum absolute atomic E-state index is 9.21. The van der Waals surface area contributed by atoms with Crippen molar-refractivity contribution in [2.24, 2.45) is 0 Å². The molecule has 0 atom stereocenters. The second-order valence-electron chi connectivity index (χ2n) is 4.03. The molecule has 1 fully saturated rings. The summed E-state index contributed by atoms with van der Waals surface area (Å²) in [5.41, 5.74) is 2.19. The molecule has 0 radical (unpaired) electrons. The van der Waals surface area contributed by atoms with Gasteiger partial charge in [0, 0.05) is 4.47 Å². The van der Waals surface area contributed by atoms with Gasteiger partial charge in [-0.3, -0.25) is 0 Å². The molecule has 2 heteroatoms. The Kier molecular flexibility index (Phi) is 2.36. The van der Waals surface area contributed by atoms with Gasteiger partial charge in [0.1, 0.15) is 0 Å². The van der Waals surface area contributed by atoms with Crippen LogP contribution in [0.4, 0.5) is 0 Å². The zero-order chi connectivity index (χ0) is 10.2. The summed E-state index contributed by atoms with van der Waals surface area (Å²) in [7, 11) is 0. The summed E-state index contributed by atoms with van der Waals surface area (Å²) < 4.78 is 1.08. The Morgan fingerprint density at radius 2 is 2.14 bits per heavy atom. The van der Waals surface area contributed by atoms with E-state index < -0.39 is 0 Å². The van der Waals surface area contributed by atoms with Crippen molar-refractivity contribution in [1.29, 1.82) is 5.26 Å². The molecule has 0 aromatic heterocycles. The highest BCUT2D eigenvalue weighted by atomic mass is 79.9. The SMILES string of the molecule is Cc1ccc(C2(C#N)CCC2)c(Br)c1. The second-order valence-corrected chi connectivity index (χ2v) is 4.89. The van der Waals surface area contributed by atoms with Gasteiger partial charge in [-0.15, -0.1) is 0 Å². The van der Waals surface area contributed by atoms with Crippen LogP contribution in [0.2, 0.25) is 0 Å². The van der Waals surface area contributed by atoms with Crippen molar-refractivity contribution in [3.05, 3.63) is 33.8 Å². The van der Waals surface area contributed by atoms with Gasteiger partial charge in [0.25, 0.3) is 0 Å². The maximum atomic E-state index is 9.21. The lowest BCUT2D eigenvalue weighted by Crippen LogP contribution is -2.32. The maximum Gasteiger partial charge on any atom is 0.0833 e. The quantitative estimate of drug-likeness (QED) is 0.745. The second kappa shape index (κ2) is 3.40. The van der Waals surface area contributed by atoms with E-state index in [0.29, 0.717) is 0 Å². The van der Waals surface area contributed by atoms with Crippen LogP contribution in [-0.2, 0) is 5.41 Å². The number of rotatable bonds is 1. The lowest BCUT2D eigenvalue weighted by atomic mass is 9.65. The minimum absolute atomic E-state index is 0.202. The van der Waals surface area contributed by atoms with E-state index in [0.717, 1.165) is 22.9 Å². The Hall–Kier alpha value is -0.810. The highest BCUT2D eigenvalue weighted by Gasteiger charge is 2.40. The van der Waals surface area contributed by atoms with Crippen LogP contribution in [0.1, 0.15) is 30.4 Å². The lowest BCUT2D eigenvalue weighted by Gasteiger charge is -2.36. The van der Waals surface area contributed by atoms with E-state index in [9.17, 15) is 5.26 Å². The van der Waals surface area contributed by atoms with Gasteiger partial charge < -0.3 is 0 Å². The van der Waals surface area contributed by atoms with Gasteiger partial charge in [-0.2, -0.15) is 5.26 Å². The molecule has 0 saturated heterocycles. The summed E-state index contributed by atoms with van der Waals surface area (Å²) >= 11 is 3.55. The zero-order valence-electron chi connectivity index (χ0n) is 8.18. The van der Waals surface area contributed by atoms with Gasteiger partial charge in [0.05, 0.1) is 11.5 Å². The van der Waals surface area contributed by atoms with E-state index in [1.165, 1.54) is 12.0 Å². The summed E-state index contributed by atoms with van der Waals surface area (Å²) in [4.78, 5) is 0. The number of aryl methyl sites for hydroxylation is 1. The first-order valence-corrected chi connectivity index (χ1v) is 5.65. The van der Waals surface area contributed by atoms with Crippen LogP contribution in [-0.4, -0.2) is 0 Å². The molecule has 0 aliphatic heterocycles. The fraction of sp³-hybridized carbons (Fsp3) is 0.417. The molecule has 0 spiro atoms. The molecule has 1 aliphatic rings. The minimum atomic E-state index is -0.202. The highest BCUT2D eigenvalue weighted by Crippen LogP contribution is 2.45. The predicted molar refractivity (Wildman–Crippen MR) is 60.0 cm³/mol. The van der Waals surface area contributed by atoms with Gasteiger partial charge in [-0.1, -0.05) is 28.1 Å². The number of benzene rings is 1. The molecule has 1 aromatic carbocycles. The average molecular weight is 250 g/mol. The Morgan fingerprint density at radius 1 is 1.43 bits per heavy atom. The van der Waals surface area contributed by atoms with Gasteiger partial charge in [0.15, 0.2) is 0 Å². The molecule has 0 bridgehead atoms.